The van der Waals surface area contributed by atoms with Gasteiger partial charge in [-0.25, -0.2) is 8.42 Å². The summed E-state index contributed by atoms with van der Waals surface area (Å²) in [5, 5.41) is 0. The van der Waals surface area contributed by atoms with Crippen LogP contribution in [0.2, 0.25) is 0 Å². The van der Waals surface area contributed by atoms with Crippen LogP contribution in [0.25, 0.3) is 5.78 Å². The fraction of sp³-hybridized carbons (Fsp3) is 0.267. The third-order valence-corrected chi connectivity index (χ3v) is 5.48. The van der Waals surface area contributed by atoms with Gasteiger partial charge in [0.15, 0.2) is 0 Å². The maximum Gasteiger partial charge on any atom is 0.387 e. The Labute approximate surface area is 162 Å². The van der Waals surface area contributed by atoms with E-state index in [9.17, 15) is 17.2 Å². The summed E-state index contributed by atoms with van der Waals surface area (Å²) < 4.78 is 69.5. The highest BCUT2D eigenvalue weighted by Gasteiger charge is 2.17. The minimum atomic E-state index is -4.09. The van der Waals surface area contributed by atoms with Gasteiger partial charge in [0.1, 0.15) is 5.75 Å². The molecule has 0 aliphatic carbocycles. The van der Waals surface area contributed by atoms with Crippen LogP contribution in [-0.4, -0.2) is 43.0 Å². The molecule has 0 aliphatic heterocycles. The Hall–Kier alpha value is -2.80. The molecule has 0 aliphatic rings. The van der Waals surface area contributed by atoms with Crippen LogP contribution in [0, 0.1) is 0 Å². The standard InChI is InChI=1S/C15H14F2N4O5S2/c1-24-11-7-12(25-2)21-14(18-11)19-15(27-21)20-28(22,23)8-9-5-3-4-6-10(9)26-13(16)17/h3-7,13H,8H2,1-2H3. The van der Waals surface area contributed by atoms with E-state index in [1.165, 1.54) is 48.3 Å². The SMILES string of the molecule is COc1cc(OC)n2sc(=NS(=O)(=O)Cc3ccccc3OC(F)F)nc2n1. The molecule has 0 atom stereocenters. The topological polar surface area (TPSA) is 104 Å². The molecule has 150 valence electrons. The van der Waals surface area contributed by atoms with Gasteiger partial charge in [0.25, 0.3) is 15.8 Å². The molecule has 0 unspecified atom stereocenters. The minimum Gasteiger partial charge on any atom is -0.481 e. The average Bonchev–Trinajstić information content (AvgIpc) is 3.03. The predicted octanol–water partition coefficient (Wildman–Crippen LogP) is 1.84. The summed E-state index contributed by atoms with van der Waals surface area (Å²) in [4.78, 5) is 8.02. The molecule has 28 heavy (non-hydrogen) atoms. The Morgan fingerprint density at radius 2 is 1.96 bits per heavy atom. The molecule has 13 heteroatoms. The molecule has 0 N–H and O–H groups in total. The average molecular weight is 432 g/mol. The Bertz CT molecular complexity index is 1160. The summed E-state index contributed by atoms with van der Waals surface area (Å²) in [5.74, 6) is -0.173. The maximum absolute atomic E-state index is 12.5. The van der Waals surface area contributed by atoms with Crippen LogP contribution in [0.5, 0.6) is 17.5 Å². The van der Waals surface area contributed by atoms with E-state index in [0.29, 0.717) is 5.88 Å². The van der Waals surface area contributed by atoms with Crippen LogP contribution in [-0.2, 0) is 15.8 Å². The molecule has 0 saturated heterocycles. The summed E-state index contributed by atoms with van der Waals surface area (Å²) in [5.41, 5.74) is 0.0534. The molecule has 3 aromatic rings. The second kappa shape index (κ2) is 8.06. The van der Waals surface area contributed by atoms with E-state index in [-0.39, 0.29) is 27.8 Å². The van der Waals surface area contributed by atoms with E-state index in [4.69, 9.17) is 9.47 Å². The number of ether oxygens (including phenoxy) is 3. The molecule has 0 saturated carbocycles. The summed E-state index contributed by atoms with van der Waals surface area (Å²) in [6, 6.07) is 7.10. The van der Waals surface area contributed by atoms with Crippen LogP contribution >= 0.6 is 11.5 Å². The lowest BCUT2D eigenvalue weighted by Gasteiger charge is -2.09. The number of alkyl halides is 2. The van der Waals surface area contributed by atoms with E-state index in [2.05, 4.69) is 19.1 Å². The predicted molar refractivity (Wildman–Crippen MR) is 95.2 cm³/mol. The molecule has 0 spiro atoms. The van der Waals surface area contributed by atoms with Crippen molar-refractivity contribution in [1.82, 2.24) is 13.8 Å². The first-order chi connectivity index (χ1) is 13.3. The Kier molecular flexibility index (Phi) is 5.74. The fourth-order valence-corrected chi connectivity index (χ4v) is 4.36. The number of aromatic nitrogens is 3. The number of halogens is 2. The first-order valence-corrected chi connectivity index (χ1v) is 10.00. The molecule has 0 fully saturated rings. The van der Waals surface area contributed by atoms with Gasteiger partial charge >= 0.3 is 6.61 Å². The van der Waals surface area contributed by atoms with Crippen molar-refractivity contribution in [3.05, 3.63) is 40.7 Å². The van der Waals surface area contributed by atoms with E-state index in [1.54, 1.807) is 0 Å². The summed E-state index contributed by atoms with van der Waals surface area (Å²) in [7, 11) is -1.25. The summed E-state index contributed by atoms with van der Waals surface area (Å²) in [6.45, 7) is -3.07. The number of para-hydroxylation sites is 1. The normalized spacial score (nSPS) is 12.5. The van der Waals surface area contributed by atoms with Gasteiger partial charge < -0.3 is 14.2 Å². The number of hydrogen-bond acceptors (Lipinski definition) is 8. The number of benzene rings is 1. The van der Waals surface area contributed by atoms with Crippen molar-refractivity contribution >= 4 is 27.3 Å². The van der Waals surface area contributed by atoms with Gasteiger partial charge in [0.05, 0.1) is 26.0 Å². The van der Waals surface area contributed by atoms with Crippen LogP contribution in [0.4, 0.5) is 8.78 Å². The van der Waals surface area contributed by atoms with E-state index in [1.807, 2.05) is 0 Å². The summed E-state index contributed by atoms with van der Waals surface area (Å²) in [6.07, 6.45) is 0. The minimum absolute atomic E-state index is 0.0534. The van der Waals surface area contributed by atoms with Crippen molar-refractivity contribution in [3.8, 4) is 17.5 Å². The van der Waals surface area contributed by atoms with E-state index < -0.39 is 22.4 Å². The Balaban J connectivity index is 1.99. The molecule has 0 radical (unpaired) electrons. The zero-order valence-corrected chi connectivity index (χ0v) is 16.2. The molecule has 1 aromatic carbocycles. The third kappa shape index (κ3) is 4.54. The lowest BCUT2D eigenvalue weighted by atomic mass is 10.2. The monoisotopic (exact) mass is 432 g/mol. The molecule has 0 amide bonds. The molecule has 2 aromatic heterocycles. The highest BCUT2D eigenvalue weighted by molar-refractivity contribution is 7.89. The number of methoxy groups -OCH3 is 2. The van der Waals surface area contributed by atoms with Gasteiger partial charge in [-0.1, -0.05) is 18.2 Å². The van der Waals surface area contributed by atoms with Crippen LogP contribution < -0.4 is 19.0 Å². The molecular formula is C15H14F2N4O5S2. The zero-order chi connectivity index (χ0) is 20.3. The van der Waals surface area contributed by atoms with Crippen LogP contribution in [0.15, 0.2) is 34.7 Å². The van der Waals surface area contributed by atoms with E-state index >= 15 is 0 Å². The molecule has 3 rings (SSSR count). The number of fused-ring (bicyclic) bond motifs is 1. The first kappa shape index (κ1) is 19.9. The molecule has 2 heterocycles. The molecule has 0 bridgehead atoms. The van der Waals surface area contributed by atoms with Crippen molar-refractivity contribution in [3.63, 3.8) is 0 Å². The van der Waals surface area contributed by atoms with Gasteiger partial charge in [-0.3, -0.25) is 0 Å². The lowest BCUT2D eigenvalue weighted by molar-refractivity contribution is -0.0503. The summed E-state index contributed by atoms with van der Waals surface area (Å²) >= 11 is 0.885. The number of sulfonamides is 1. The third-order valence-electron chi connectivity index (χ3n) is 3.37. The second-order valence-corrected chi connectivity index (χ2v) is 7.77. The largest absolute Gasteiger partial charge is 0.481 e. The van der Waals surface area contributed by atoms with Gasteiger partial charge in [0.2, 0.25) is 16.6 Å². The Morgan fingerprint density at radius 1 is 1.21 bits per heavy atom. The fourth-order valence-electron chi connectivity index (χ4n) is 2.25. The van der Waals surface area contributed by atoms with Gasteiger partial charge in [-0.15, -0.1) is 4.40 Å². The van der Waals surface area contributed by atoms with E-state index in [0.717, 1.165) is 11.5 Å². The van der Waals surface area contributed by atoms with Gasteiger partial charge in [0, 0.05) is 5.56 Å². The van der Waals surface area contributed by atoms with Gasteiger partial charge in [-0.05, 0) is 17.6 Å². The Morgan fingerprint density at radius 3 is 2.64 bits per heavy atom. The van der Waals surface area contributed by atoms with Crippen LogP contribution in [0.1, 0.15) is 5.56 Å². The van der Waals surface area contributed by atoms with Gasteiger partial charge in [-0.2, -0.15) is 22.5 Å². The van der Waals surface area contributed by atoms with Crippen molar-refractivity contribution < 1.29 is 31.4 Å². The molecule has 9 nitrogen and oxygen atoms in total. The zero-order valence-electron chi connectivity index (χ0n) is 14.6. The van der Waals surface area contributed by atoms with Crippen molar-refractivity contribution in [1.29, 1.82) is 0 Å². The highest BCUT2D eigenvalue weighted by atomic mass is 32.2. The number of rotatable bonds is 7. The van der Waals surface area contributed by atoms with Crippen molar-refractivity contribution in [2.75, 3.05) is 14.2 Å². The second-order valence-electron chi connectivity index (χ2n) is 5.22. The maximum atomic E-state index is 12.5. The molecular weight excluding hydrogens is 418 g/mol. The van der Waals surface area contributed by atoms with Crippen molar-refractivity contribution in [2.24, 2.45) is 4.40 Å². The first-order valence-electron chi connectivity index (χ1n) is 7.62. The lowest BCUT2D eigenvalue weighted by Crippen LogP contribution is -2.10. The highest BCUT2D eigenvalue weighted by Crippen LogP contribution is 2.23. The van der Waals surface area contributed by atoms with Crippen LogP contribution in [0.3, 0.4) is 0 Å². The number of hydrogen-bond donors (Lipinski definition) is 0. The smallest absolute Gasteiger partial charge is 0.387 e. The number of nitrogens with zero attached hydrogens (tertiary/aromatic N) is 4. The van der Waals surface area contributed by atoms with Crippen molar-refractivity contribution in [2.45, 2.75) is 12.4 Å². The quantitative estimate of drug-likeness (QED) is 0.561.